The van der Waals surface area contributed by atoms with E-state index in [0.29, 0.717) is 42.6 Å². The van der Waals surface area contributed by atoms with Gasteiger partial charge in [-0.15, -0.1) is 10.2 Å². The second-order valence-electron chi connectivity index (χ2n) is 9.39. The van der Waals surface area contributed by atoms with Gasteiger partial charge in [-0.1, -0.05) is 12.1 Å². The first-order valence-corrected chi connectivity index (χ1v) is 12.0. The summed E-state index contributed by atoms with van der Waals surface area (Å²) in [5.41, 5.74) is 1.15. The Labute approximate surface area is 201 Å². The highest BCUT2D eigenvalue weighted by molar-refractivity contribution is 5.48. The summed E-state index contributed by atoms with van der Waals surface area (Å²) in [4.78, 5) is 7.05. The summed E-state index contributed by atoms with van der Waals surface area (Å²) < 4.78 is 41.4. The van der Waals surface area contributed by atoms with Crippen LogP contribution in [0.25, 0.3) is 0 Å². The number of piperidine rings is 1. The molecule has 1 aromatic carbocycles. The zero-order valence-corrected chi connectivity index (χ0v) is 19.4. The lowest BCUT2D eigenvalue weighted by atomic mass is 9.92. The van der Waals surface area contributed by atoms with Crippen LogP contribution in [0.5, 0.6) is 5.88 Å². The second-order valence-corrected chi connectivity index (χ2v) is 9.39. The average Bonchev–Trinajstić information content (AvgIpc) is 3.28. The molecule has 9 nitrogen and oxygen atoms in total. The molecule has 0 radical (unpaired) electrons. The SMILES string of the molecule is COc1cc(N2C[C@H]3CC[C@H](C2)C3Nc2nc3n(n2)CCCO[C@@H]3c2cccc(F)c2F)cnn1. The van der Waals surface area contributed by atoms with Crippen LogP contribution in [0.2, 0.25) is 0 Å². The Balaban J connectivity index is 1.22. The largest absolute Gasteiger partial charge is 0.480 e. The van der Waals surface area contributed by atoms with Gasteiger partial charge in [-0.3, -0.25) is 0 Å². The van der Waals surface area contributed by atoms with Crippen molar-refractivity contribution in [3.63, 3.8) is 0 Å². The van der Waals surface area contributed by atoms with Gasteiger partial charge in [-0.25, -0.2) is 13.5 Å². The van der Waals surface area contributed by atoms with Gasteiger partial charge in [-0.05, 0) is 37.2 Å². The Morgan fingerprint density at radius 1 is 1.17 bits per heavy atom. The number of methoxy groups -OCH3 is 1. The summed E-state index contributed by atoms with van der Waals surface area (Å²) in [6.45, 7) is 2.80. The normalized spacial score (nSPS) is 25.7. The molecular formula is C24H27F2N7O2. The van der Waals surface area contributed by atoms with Crippen molar-refractivity contribution in [1.82, 2.24) is 25.0 Å². The number of nitrogens with one attached hydrogen (secondary N) is 1. The van der Waals surface area contributed by atoms with Gasteiger partial charge in [-0.2, -0.15) is 10.1 Å². The van der Waals surface area contributed by atoms with Crippen LogP contribution >= 0.6 is 0 Å². The summed E-state index contributed by atoms with van der Waals surface area (Å²) in [5.74, 6) is 0.545. The molecular weight excluding hydrogens is 456 g/mol. The van der Waals surface area contributed by atoms with Gasteiger partial charge in [0.1, 0.15) is 6.10 Å². The molecule has 0 spiro atoms. The molecule has 1 saturated heterocycles. The number of aryl methyl sites for hydroxylation is 1. The fraction of sp³-hybridized carbons (Fsp3) is 0.500. The van der Waals surface area contributed by atoms with E-state index in [9.17, 15) is 8.78 Å². The summed E-state index contributed by atoms with van der Waals surface area (Å²) in [5, 5.41) is 16.3. The fourth-order valence-electron chi connectivity index (χ4n) is 5.64. The summed E-state index contributed by atoms with van der Waals surface area (Å²) in [6.07, 6.45) is 3.92. The van der Waals surface area contributed by atoms with Gasteiger partial charge in [0.15, 0.2) is 17.5 Å². The van der Waals surface area contributed by atoms with Crippen LogP contribution in [0.15, 0.2) is 30.5 Å². The fourth-order valence-corrected chi connectivity index (χ4v) is 5.64. The minimum atomic E-state index is -0.906. The zero-order chi connectivity index (χ0) is 23.9. The molecule has 6 rings (SSSR count). The maximum atomic E-state index is 14.6. The molecule has 1 aliphatic carbocycles. The number of hydrogen-bond acceptors (Lipinski definition) is 8. The number of aromatic nitrogens is 5. The van der Waals surface area contributed by atoms with Crippen molar-refractivity contribution in [3.05, 3.63) is 53.5 Å². The molecule has 3 aliphatic rings. The topological polar surface area (TPSA) is 90.2 Å². The molecule has 35 heavy (non-hydrogen) atoms. The lowest BCUT2D eigenvalue weighted by Gasteiger charge is -2.39. The molecule has 0 amide bonds. The lowest BCUT2D eigenvalue weighted by Crippen LogP contribution is -2.48. The van der Waals surface area contributed by atoms with Crippen LogP contribution in [-0.2, 0) is 11.3 Å². The summed E-state index contributed by atoms with van der Waals surface area (Å²) in [6, 6.07) is 6.29. The standard InChI is InChI=1S/C24H27F2N7O2/c1-34-19-10-16(11-27-30-19)32-12-14-6-7-15(13-32)21(14)28-24-29-23-22(35-9-3-8-33(23)31-24)17-4-2-5-18(25)20(17)26/h2,4-5,10-11,14-15,21-22H,3,6-9,12-13H2,1H3,(H,28,31)/t14-,15-,22-/m1/s1. The highest BCUT2D eigenvalue weighted by atomic mass is 19.2. The quantitative estimate of drug-likeness (QED) is 0.592. The highest BCUT2D eigenvalue weighted by Crippen LogP contribution is 2.40. The Bertz CT molecular complexity index is 1210. The summed E-state index contributed by atoms with van der Waals surface area (Å²) >= 11 is 0. The van der Waals surface area contributed by atoms with Crippen LogP contribution in [0.4, 0.5) is 20.4 Å². The predicted molar refractivity (Wildman–Crippen MR) is 123 cm³/mol. The third kappa shape index (κ3) is 4.07. The van der Waals surface area contributed by atoms with E-state index in [0.717, 1.165) is 44.1 Å². The lowest BCUT2D eigenvalue weighted by molar-refractivity contribution is 0.0782. The van der Waals surface area contributed by atoms with E-state index in [1.807, 2.05) is 6.07 Å². The first-order valence-electron chi connectivity index (χ1n) is 12.0. The van der Waals surface area contributed by atoms with E-state index >= 15 is 0 Å². The Morgan fingerprint density at radius 2 is 2.00 bits per heavy atom. The predicted octanol–water partition coefficient (Wildman–Crippen LogP) is 3.19. The number of hydrogen-bond donors (Lipinski definition) is 1. The monoisotopic (exact) mass is 483 g/mol. The molecule has 2 bridgehead atoms. The Hall–Kier alpha value is -3.34. The van der Waals surface area contributed by atoms with Crippen molar-refractivity contribution in [1.29, 1.82) is 0 Å². The highest BCUT2D eigenvalue weighted by Gasteiger charge is 2.43. The first kappa shape index (κ1) is 22.1. The van der Waals surface area contributed by atoms with E-state index < -0.39 is 17.7 Å². The van der Waals surface area contributed by atoms with Gasteiger partial charge in [0.05, 0.1) is 19.0 Å². The molecule has 2 aromatic heterocycles. The van der Waals surface area contributed by atoms with Crippen LogP contribution in [0.1, 0.15) is 36.8 Å². The van der Waals surface area contributed by atoms with E-state index in [4.69, 9.17) is 14.5 Å². The summed E-state index contributed by atoms with van der Waals surface area (Å²) in [7, 11) is 1.59. The van der Waals surface area contributed by atoms with Crippen molar-refractivity contribution < 1.29 is 18.3 Å². The maximum Gasteiger partial charge on any atom is 0.242 e. The number of rotatable bonds is 5. The Morgan fingerprint density at radius 3 is 2.80 bits per heavy atom. The number of halogens is 2. The number of fused-ring (bicyclic) bond motifs is 3. The van der Waals surface area contributed by atoms with Crippen LogP contribution in [-0.4, -0.2) is 57.8 Å². The van der Waals surface area contributed by atoms with E-state index in [1.165, 1.54) is 6.07 Å². The van der Waals surface area contributed by atoms with Crippen molar-refractivity contribution in [2.75, 3.05) is 37.0 Å². The van der Waals surface area contributed by atoms with E-state index in [-0.39, 0.29) is 11.6 Å². The van der Waals surface area contributed by atoms with Crippen molar-refractivity contribution >= 4 is 11.6 Å². The Kier molecular flexibility index (Phi) is 5.71. The third-order valence-corrected chi connectivity index (χ3v) is 7.32. The molecule has 0 unspecified atom stereocenters. The molecule has 1 N–H and O–H groups in total. The van der Waals surface area contributed by atoms with Gasteiger partial charge in [0.2, 0.25) is 11.8 Å². The molecule has 2 fully saturated rings. The van der Waals surface area contributed by atoms with Crippen LogP contribution in [0.3, 0.4) is 0 Å². The smallest absolute Gasteiger partial charge is 0.242 e. The second kappa shape index (κ2) is 9.03. The minimum Gasteiger partial charge on any atom is -0.480 e. The van der Waals surface area contributed by atoms with E-state index in [1.54, 1.807) is 24.1 Å². The van der Waals surface area contributed by atoms with Crippen molar-refractivity contribution in [2.24, 2.45) is 11.8 Å². The molecule has 1 saturated carbocycles. The van der Waals surface area contributed by atoms with Crippen LogP contribution < -0.4 is 15.0 Å². The molecule has 3 aromatic rings. The number of benzene rings is 1. The van der Waals surface area contributed by atoms with Gasteiger partial charge >= 0.3 is 0 Å². The zero-order valence-electron chi connectivity index (χ0n) is 19.4. The molecule has 184 valence electrons. The van der Waals surface area contributed by atoms with Gasteiger partial charge in [0.25, 0.3) is 0 Å². The number of anilines is 2. The van der Waals surface area contributed by atoms with Crippen LogP contribution in [0, 0.1) is 23.5 Å². The molecule has 4 heterocycles. The number of nitrogens with zero attached hydrogens (tertiary/aromatic N) is 6. The van der Waals surface area contributed by atoms with Gasteiger partial charge < -0.3 is 19.7 Å². The molecule has 11 heteroatoms. The number of ether oxygens (including phenoxy) is 2. The minimum absolute atomic E-state index is 0.141. The maximum absolute atomic E-state index is 14.6. The third-order valence-electron chi connectivity index (χ3n) is 7.32. The average molecular weight is 484 g/mol. The van der Waals surface area contributed by atoms with E-state index in [2.05, 4.69) is 25.5 Å². The molecule has 2 aliphatic heterocycles. The molecule has 3 atom stereocenters. The first-order chi connectivity index (χ1) is 17.1. The van der Waals surface area contributed by atoms with Crippen molar-refractivity contribution in [3.8, 4) is 5.88 Å². The van der Waals surface area contributed by atoms with Crippen molar-refractivity contribution in [2.45, 2.75) is 38.0 Å². The van der Waals surface area contributed by atoms with Gasteiger partial charge in [0, 0.05) is 43.9 Å².